The van der Waals surface area contributed by atoms with Crippen molar-refractivity contribution in [3.05, 3.63) is 35.9 Å². The van der Waals surface area contributed by atoms with E-state index in [0.717, 1.165) is 18.4 Å². The molecule has 0 heterocycles. The molecular weight excluding hydrogens is 296 g/mol. The number of carbonyl (C=O) groups excluding carboxylic acids is 3. The monoisotopic (exact) mass is 318 g/mol. The summed E-state index contributed by atoms with van der Waals surface area (Å²) in [7, 11) is 2.48. The second-order valence-electron chi connectivity index (χ2n) is 5.78. The molecule has 124 valence electrons. The molecule has 1 fully saturated rings. The van der Waals surface area contributed by atoms with Gasteiger partial charge in [-0.15, -0.1) is 0 Å². The van der Waals surface area contributed by atoms with E-state index in [2.05, 4.69) is 0 Å². The molecule has 0 aliphatic heterocycles. The van der Waals surface area contributed by atoms with E-state index in [0.29, 0.717) is 12.8 Å². The van der Waals surface area contributed by atoms with Crippen LogP contribution in [0, 0.1) is 11.8 Å². The molecule has 23 heavy (non-hydrogen) atoms. The van der Waals surface area contributed by atoms with Crippen LogP contribution in [-0.2, 0) is 23.9 Å². The summed E-state index contributed by atoms with van der Waals surface area (Å²) < 4.78 is 9.63. The molecule has 0 unspecified atom stereocenters. The van der Waals surface area contributed by atoms with E-state index in [4.69, 9.17) is 9.47 Å². The van der Waals surface area contributed by atoms with E-state index in [1.165, 1.54) is 14.2 Å². The van der Waals surface area contributed by atoms with Crippen molar-refractivity contribution in [2.45, 2.75) is 31.6 Å². The van der Waals surface area contributed by atoms with Crippen molar-refractivity contribution in [1.29, 1.82) is 0 Å². The van der Waals surface area contributed by atoms with Crippen LogP contribution in [0.15, 0.2) is 30.3 Å². The minimum Gasteiger partial charge on any atom is -0.468 e. The van der Waals surface area contributed by atoms with Crippen molar-refractivity contribution in [2.24, 2.45) is 11.8 Å². The number of benzene rings is 1. The lowest BCUT2D eigenvalue weighted by molar-refractivity contribution is -0.161. The zero-order valence-electron chi connectivity index (χ0n) is 13.5. The van der Waals surface area contributed by atoms with E-state index in [1.54, 1.807) is 0 Å². The first-order valence-corrected chi connectivity index (χ1v) is 7.83. The number of ether oxygens (including phenoxy) is 2. The molecule has 0 saturated heterocycles. The molecule has 1 aromatic rings. The SMILES string of the molecule is COC(=O)C(C(=O)OC)[C@@H](c1ccccc1)[C@@H]1CCCCC1=O. The summed E-state index contributed by atoms with van der Waals surface area (Å²) in [5, 5.41) is 0. The number of Topliss-reactive ketones (excluding diaryl/α,β-unsaturated/α-hetero) is 1. The summed E-state index contributed by atoms with van der Waals surface area (Å²) in [5.74, 6) is -3.27. The van der Waals surface area contributed by atoms with Crippen LogP contribution in [-0.4, -0.2) is 31.9 Å². The van der Waals surface area contributed by atoms with Crippen molar-refractivity contribution in [1.82, 2.24) is 0 Å². The van der Waals surface area contributed by atoms with Gasteiger partial charge >= 0.3 is 11.9 Å². The molecule has 2 atom stereocenters. The number of methoxy groups -OCH3 is 2. The van der Waals surface area contributed by atoms with Gasteiger partial charge in [0, 0.05) is 18.3 Å². The number of hydrogen-bond donors (Lipinski definition) is 0. The number of hydrogen-bond acceptors (Lipinski definition) is 5. The third kappa shape index (κ3) is 3.78. The highest BCUT2D eigenvalue weighted by molar-refractivity contribution is 5.97. The summed E-state index contributed by atoms with van der Waals surface area (Å²) >= 11 is 0. The lowest BCUT2D eigenvalue weighted by Crippen LogP contribution is -2.39. The molecule has 0 aromatic heterocycles. The second-order valence-corrected chi connectivity index (χ2v) is 5.78. The largest absolute Gasteiger partial charge is 0.468 e. The maximum Gasteiger partial charge on any atom is 0.320 e. The molecule has 0 radical (unpaired) electrons. The lowest BCUT2D eigenvalue weighted by atomic mass is 9.70. The van der Waals surface area contributed by atoms with Gasteiger partial charge in [-0.25, -0.2) is 0 Å². The molecule has 1 aliphatic carbocycles. The Balaban J connectivity index is 2.48. The first kappa shape index (κ1) is 17.2. The van der Waals surface area contributed by atoms with Crippen molar-refractivity contribution >= 4 is 17.7 Å². The van der Waals surface area contributed by atoms with Crippen molar-refractivity contribution < 1.29 is 23.9 Å². The van der Waals surface area contributed by atoms with Crippen LogP contribution in [0.1, 0.15) is 37.2 Å². The molecule has 0 N–H and O–H groups in total. The van der Waals surface area contributed by atoms with Gasteiger partial charge in [0.15, 0.2) is 5.92 Å². The number of esters is 2. The van der Waals surface area contributed by atoms with Gasteiger partial charge in [-0.2, -0.15) is 0 Å². The topological polar surface area (TPSA) is 69.7 Å². The third-order valence-electron chi connectivity index (χ3n) is 4.49. The van der Waals surface area contributed by atoms with Gasteiger partial charge in [0.2, 0.25) is 0 Å². The highest BCUT2D eigenvalue weighted by Crippen LogP contribution is 2.40. The summed E-state index contributed by atoms with van der Waals surface area (Å²) in [4.78, 5) is 36.9. The average molecular weight is 318 g/mol. The fraction of sp³-hybridized carbons (Fsp3) is 0.500. The normalized spacial score (nSPS) is 19.3. The van der Waals surface area contributed by atoms with Gasteiger partial charge in [0.1, 0.15) is 5.78 Å². The standard InChI is InChI=1S/C18H22O5/c1-22-17(20)16(18(21)23-2)15(12-8-4-3-5-9-12)13-10-6-7-11-14(13)19/h3-5,8-9,13,15-16H,6-7,10-11H2,1-2H3/t13-,15+/m1/s1. The minimum absolute atomic E-state index is 0.0999. The molecule has 1 aliphatic rings. The molecule has 1 saturated carbocycles. The maximum atomic E-state index is 12.4. The van der Waals surface area contributed by atoms with E-state index < -0.39 is 23.8 Å². The minimum atomic E-state index is -1.13. The smallest absolute Gasteiger partial charge is 0.320 e. The van der Waals surface area contributed by atoms with Gasteiger partial charge in [0.25, 0.3) is 0 Å². The van der Waals surface area contributed by atoms with Crippen LogP contribution in [0.25, 0.3) is 0 Å². The Kier molecular flexibility index (Phi) is 5.90. The van der Waals surface area contributed by atoms with Crippen molar-refractivity contribution in [3.63, 3.8) is 0 Å². The molecule has 0 amide bonds. The molecule has 1 aromatic carbocycles. The molecule has 2 rings (SSSR count). The second kappa shape index (κ2) is 7.90. The van der Waals surface area contributed by atoms with Gasteiger partial charge in [-0.05, 0) is 18.4 Å². The third-order valence-corrected chi connectivity index (χ3v) is 4.49. The predicted molar refractivity (Wildman–Crippen MR) is 83.7 cm³/mol. The fourth-order valence-electron chi connectivity index (χ4n) is 3.37. The number of carbonyl (C=O) groups is 3. The molecule has 5 heteroatoms. The van der Waals surface area contributed by atoms with Gasteiger partial charge in [0.05, 0.1) is 14.2 Å². The fourth-order valence-corrected chi connectivity index (χ4v) is 3.37. The van der Waals surface area contributed by atoms with Gasteiger partial charge < -0.3 is 9.47 Å². The Hall–Kier alpha value is -2.17. The van der Waals surface area contributed by atoms with E-state index in [9.17, 15) is 14.4 Å². The van der Waals surface area contributed by atoms with E-state index in [1.807, 2.05) is 30.3 Å². The van der Waals surface area contributed by atoms with Crippen molar-refractivity contribution in [3.8, 4) is 0 Å². The molecule has 0 bridgehead atoms. The molecule has 0 spiro atoms. The lowest BCUT2D eigenvalue weighted by Gasteiger charge is -2.32. The zero-order chi connectivity index (χ0) is 16.8. The quantitative estimate of drug-likeness (QED) is 0.616. The van der Waals surface area contributed by atoms with Gasteiger partial charge in [-0.1, -0.05) is 36.8 Å². The summed E-state index contributed by atoms with van der Waals surface area (Å²) in [6, 6.07) is 9.20. The highest BCUT2D eigenvalue weighted by Gasteiger charge is 2.44. The maximum absolute atomic E-state index is 12.4. The summed E-state index contributed by atoms with van der Waals surface area (Å²) in [5.41, 5.74) is 0.786. The number of ketones is 1. The Morgan fingerprint density at radius 2 is 1.65 bits per heavy atom. The predicted octanol–water partition coefficient (Wildman–Crippen LogP) is 2.49. The van der Waals surface area contributed by atoms with E-state index >= 15 is 0 Å². The Morgan fingerprint density at radius 3 is 2.17 bits per heavy atom. The number of rotatable bonds is 5. The van der Waals surface area contributed by atoms with Crippen LogP contribution in [0.3, 0.4) is 0 Å². The first-order chi connectivity index (χ1) is 11.1. The first-order valence-electron chi connectivity index (χ1n) is 7.83. The van der Waals surface area contributed by atoms with E-state index in [-0.39, 0.29) is 11.7 Å². The van der Waals surface area contributed by atoms with Gasteiger partial charge in [-0.3, -0.25) is 14.4 Å². The molecule has 5 nitrogen and oxygen atoms in total. The van der Waals surface area contributed by atoms with Crippen LogP contribution in [0.2, 0.25) is 0 Å². The van der Waals surface area contributed by atoms with Crippen LogP contribution >= 0.6 is 0 Å². The zero-order valence-corrected chi connectivity index (χ0v) is 13.5. The van der Waals surface area contributed by atoms with Crippen LogP contribution in [0.4, 0.5) is 0 Å². The Bertz CT molecular complexity index is 550. The van der Waals surface area contributed by atoms with Crippen LogP contribution < -0.4 is 0 Å². The van der Waals surface area contributed by atoms with Crippen molar-refractivity contribution in [2.75, 3.05) is 14.2 Å². The van der Waals surface area contributed by atoms with Crippen LogP contribution in [0.5, 0.6) is 0 Å². The molecular formula is C18H22O5. The Labute approximate surface area is 136 Å². The average Bonchev–Trinajstić information content (AvgIpc) is 2.60. The summed E-state index contributed by atoms with van der Waals surface area (Å²) in [6.07, 6.45) is 2.93. The summed E-state index contributed by atoms with van der Waals surface area (Å²) in [6.45, 7) is 0. The highest BCUT2D eigenvalue weighted by atomic mass is 16.5. The Morgan fingerprint density at radius 1 is 1.04 bits per heavy atom.